The number of halogens is 1. The molecule has 1 fully saturated rings. The normalized spacial score (nSPS) is 26.4. The number of hydrogen-bond acceptors (Lipinski definition) is 9. The van der Waals surface area contributed by atoms with Crippen molar-refractivity contribution in [3.63, 3.8) is 0 Å². The summed E-state index contributed by atoms with van der Waals surface area (Å²) in [6, 6.07) is -0.168. The Morgan fingerprint density at radius 3 is 2.38 bits per heavy atom. The van der Waals surface area contributed by atoms with E-state index < -0.39 is 81.2 Å². The number of benzene rings is 1. The van der Waals surface area contributed by atoms with Crippen LogP contribution in [0.2, 0.25) is 0 Å². The second kappa shape index (κ2) is 9.70. The Morgan fingerprint density at radius 1 is 1.20 bits per heavy atom. The van der Waals surface area contributed by atoms with Crippen molar-refractivity contribution in [1.82, 2.24) is 4.90 Å². The van der Waals surface area contributed by atoms with Crippen molar-refractivity contribution in [3.05, 3.63) is 39.9 Å². The molecule has 12 heteroatoms. The van der Waals surface area contributed by atoms with E-state index in [1.807, 2.05) is 20.8 Å². The van der Waals surface area contributed by atoms with Gasteiger partial charge in [0.15, 0.2) is 23.0 Å². The predicted octanol–water partition coefficient (Wildman–Crippen LogP) is 1.87. The zero-order valence-corrected chi connectivity index (χ0v) is 23.0. The van der Waals surface area contributed by atoms with Crippen LogP contribution in [0.25, 0.3) is 5.76 Å². The molecule has 2 amide bonds. The third-order valence-corrected chi connectivity index (χ3v) is 8.03. The Labute approximate surface area is 230 Å². The van der Waals surface area contributed by atoms with Crippen LogP contribution in [-0.4, -0.2) is 74.4 Å². The Morgan fingerprint density at radius 2 is 1.82 bits per heavy atom. The van der Waals surface area contributed by atoms with E-state index in [2.05, 4.69) is 5.32 Å². The van der Waals surface area contributed by atoms with Crippen LogP contribution >= 0.6 is 0 Å². The smallest absolute Gasteiger partial charge is 0.255 e. The number of phenolic OH excluding ortho intramolecular Hbond substituents is 1. The minimum absolute atomic E-state index is 0.0427. The van der Waals surface area contributed by atoms with Gasteiger partial charge in [-0.05, 0) is 56.3 Å². The fraction of sp³-hybridized carbons (Fsp3) is 0.500. The monoisotopic (exact) mass is 559 g/mol. The highest BCUT2D eigenvalue weighted by molar-refractivity contribution is 6.24. The number of aromatic hydroxyl groups is 1. The Bertz CT molecular complexity index is 1410. The first-order chi connectivity index (χ1) is 18.4. The molecule has 0 saturated heterocycles. The lowest BCUT2D eigenvalue weighted by molar-refractivity contribution is -0.153. The average molecular weight is 560 g/mol. The van der Waals surface area contributed by atoms with Crippen molar-refractivity contribution < 1.29 is 44.0 Å². The molecule has 1 aromatic carbocycles. The second-order valence-corrected chi connectivity index (χ2v) is 12.2. The van der Waals surface area contributed by atoms with E-state index in [9.17, 15) is 39.6 Å². The molecular weight excluding hydrogens is 525 g/mol. The van der Waals surface area contributed by atoms with Crippen LogP contribution in [-0.2, 0) is 25.6 Å². The van der Waals surface area contributed by atoms with Crippen LogP contribution in [0, 0.1) is 23.1 Å². The third-order valence-electron chi connectivity index (χ3n) is 8.03. The maximum Gasteiger partial charge on any atom is 0.255 e. The largest absolute Gasteiger partial charge is 0.508 e. The summed E-state index contributed by atoms with van der Waals surface area (Å²) in [6.45, 7) is 5.79. The quantitative estimate of drug-likeness (QED) is 0.231. The number of ketones is 2. The first-order valence-corrected chi connectivity index (χ1v) is 12.9. The standard InChI is InChI=1S/C28H34FN3O8/c1-27(2,3)7-6-15(33)31-19-14(29)10-12-8-11-9-13-20(32(4)5)23(36)18(26(30)39)25(38)28(13,40)24(37)17(11)21(34)16(12)22(19)35/h10-11,13,20,34-35,38,40H,6-9H2,1-5H3,(H2,30,39)(H,31,33)/t11-,13-,20-,28-/m0/s1. The number of carbonyl (C=O) groups is 4. The SMILES string of the molecule is CN(C)[C@@H]1C(=O)C(C(N)=O)=C(O)[C@@]2(O)C(=O)C3=C(O)c4c(cc(F)c(NC(=O)CCC(C)(C)C)c4O)C[C@H]3C[C@@H]12. The summed E-state index contributed by atoms with van der Waals surface area (Å²) in [7, 11) is 3.00. The highest BCUT2D eigenvalue weighted by Gasteiger charge is 2.64. The lowest BCUT2D eigenvalue weighted by Crippen LogP contribution is -2.65. The lowest BCUT2D eigenvalue weighted by atomic mass is 9.57. The van der Waals surface area contributed by atoms with Gasteiger partial charge in [-0.2, -0.15) is 0 Å². The van der Waals surface area contributed by atoms with Crippen LogP contribution in [0.15, 0.2) is 23.0 Å². The van der Waals surface area contributed by atoms with E-state index in [1.165, 1.54) is 19.0 Å². The minimum atomic E-state index is -2.77. The van der Waals surface area contributed by atoms with Crippen molar-refractivity contribution in [2.45, 2.75) is 58.1 Å². The summed E-state index contributed by atoms with van der Waals surface area (Å²) in [4.78, 5) is 52.9. The Kier molecular flexibility index (Phi) is 7.09. The molecule has 7 N–H and O–H groups in total. The lowest BCUT2D eigenvalue weighted by Gasteiger charge is -2.50. The minimum Gasteiger partial charge on any atom is -0.508 e. The number of anilines is 1. The van der Waals surface area contributed by atoms with Gasteiger partial charge in [0.2, 0.25) is 11.7 Å². The number of phenols is 1. The van der Waals surface area contributed by atoms with Gasteiger partial charge in [-0.3, -0.25) is 24.1 Å². The van der Waals surface area contributed by atoms with E-state index in [-0.39, 0.29) is 41.4 Å². The fourth-order valence-corrected chi connectivity index (χ4v) is 6.07. The molecule has 3 aliphatic rings. The number of likely N-dealkylation sites (N-methyl/N-ethyl adjacent to an activating group) is 1. The van der Waals surface area contributed by atoms with Crippen molar-refractivity contribution in [1.29, 1.82) is 0 Å². The van der Waals surface area contributed by atoms with E-state index in [0.29, 0.717) is 6.42 Å². The van der Waals surface area contributed by atoms with Gasteiger partial charge in [-0.1, -0.05) is 20.8 Å². The number of aliphatic hydroxyl groups is 3. The highest BCUT2D eigenvalue weighted by atomic mass is 19.1. The van der Waals surface area contributed by atoms with E-state index in [4.69, 9.17) is 5.73 Å². The molecular formula is C28H34FN3O8. The molecule has 0 aliphatic heterocycles. The fourth-order valence-electron chi connectivity index (χ4n) is 6.07. The topological polar surface area (TPSA) is 190 Å². The molecule has 216 valence electrons. The number of primary amides is 1. The first kappa shape index (κ1) is 29.2. The van der Waals surface area contributed by atoms with Crippen molar-refractivity contribution in [2.75, 3.05) is 19.4 Å². The van der Waals surface area contributed by atoms with Crippen LogP contribution < -0.4 is 11.1 Å². The molecule has 4 atom stereocenters. The van der Waals surface area contributed by atoms with Crippen molar-refractivity contribution >= 4 is 34.8 Å². The van der Waals surface area contributed by atoms with Gasteiger partial charge in [0.05, 0.1) is 11.6 Å². The summed E-state index contributed by atoms with van der Waals surface area (Å²) in [5, 5.41) is 47.0. The highest BCUT2D eigenvalue weighted by Crippen LogP contribution is 2.53. The van der Waals surface area contributed by atoms with Crippen molar-refractivity contribution in [3.8, 4) is 5.75 Å². The summed E-state index contributed by atoms with van der Waals surface area (Å²) in [6.07, 6.45) is 0.357. The van der Waals surface area contributed by atoms with Crippen molar-refractivity contribution in [2.24, 2.45) is 23.0 Å². The number of nitrogens with one attached hydrogen (secondary N) is 1. The number of rotatable bonds is 5. The molecule has 0 unspecified atom stereocenters. The number of amides is 2. The molecule has 0 aromatic heterocycles. The number of nitrogens with zero attached hydrogens (tertiary/aromatic N) is 1. The second-order valence-electron chi connectivity index (χ2n) is 12.2. The maximum absolute atomic E-state index is 15.1. The van der Waals surface area contributed by atoms with Gasteiger partial charge in [0.1, 0.15) is 22.8 Å². The Balaban J connectivity index is 1.83. The number of nitrogens with two attached hydrogens (primary N) is 1. The van der Waals surface area contributed by atoms with E-state index in [1.54, 1.807) is 0 Å². The summed E-state index contributed by atoms with van der Waals surface area (Å²) >= 11 is 0. The zero-order valence-electron chi connectivity index (χ0n) is 23.0. The van der Waals surface area contributed by atoms with Gasteiger partial charge >= 0.3 is 0 Å². The molecule has 1 saturated carbocycles. The van der Waals surface area contributed by atoms with E-state index in [0.717, 1.165) is 6.07 Å². The number of aliphatic hydroxyl groups excluding tert-OH is 2. The molecule has 0 heterocycles. The molecule has 0 bridgehead atoms. The van der Waals surface area contributed by atoms with Crippen LogP contribution in [0.5, 0.6) is 5.75 Å². The molecule has 11 nitrogen and oxygen atoms in total. The maximum atomic E-state index is 15.1. The zero-order chi connectivity index (χ0) is 30.1. The van der Waals surface area contributed by atoms with E-state index >= 15 is 4.39 Å². The van der Waals surface area contributed by atoms with Crippen LogP contribution in [0.4, 0.5) is 10.1 Å². The predicted molar refractivity (Wildman–Crippen MR) is 142 cm³/mol. The van der Waals surface area contributed by atoms with Gasteiger partial charge in [-0.25, -0.2) is 4.39 Å². The third kappa shape index (κ3) is 4.44. The van der Waals surface area contributed by atoms with Gasteiger partial charge in [0.25, 0.3) is 5.91 Å². The number of fused-ring (bicyclic) bond motifs is 3. The summed E-state index contributed by atoms with van der Waals surface area (Å²) < 4.78 is 15.1. The first-order valence-electron chi connectivity index (χ1n) is 12.9. The molecule has 3 aliphatic carbocycles. The molecule has 0 spiro atoms. The number of carbonyl (C=O) groups excluding carboxylic acids is 4. The Hall–Kier alpha value is -3.77. The number of Topliss-reactive ketones (excluding diaryl/α,β-unsaturated/α-hetero) is 2. The van der Waals surface area contributed by atoms with Crippen LogP contribution in [0.3, 0.4) is 0 Å². The summed E-state index contributed by atoms with van der Waals surface area (Å²) in [5.41, 5.74) is 0.367. The molecule has 40 heavy (non-hydrogen) atoms. The molecule has 0 radical (unpaired) electrons. The summed E-state index contributed by atoms with van der Waals surface area (Å²) in [5.74, 6) is -9.69. The van der Waals surface area contributed by atoms with Gasteiger partial charge in [0, 0.05) is 17.9 Å². The van der Waals surface area contributed by atoms with Gasteiger partial charge in [-0.15, -0.1) is 0 Å². The molecule has 1 aromatic rings. The van der Waals surface area contributed by atoms with Gasteiger partial charge < -0.3 is 31.5 Å². The number of hydrogen-bond donors (Lipinski definition) is 6. The van der Waals surface area contributed by atoms with Crippen LogP contribution in [0.1, 0.15) is 51.2 Å². The average Bonchev–Trinajstić information content (AvgIpc) is 2.81. The molecule has 4 rings (SSSR count).